The second-order valence-corrected chi connectivity index (χ2v) is 19.6. The number of hydrogen-bond acceptors (Lipinski definition) is 10. The van der Waals surface area contributed by atoms with Gasteiger partial charge in [-0.05, 0) is 137 Å². The van der Waals surface area contributed by atoms with Crippen LogP contribution in [0.4, 0.5) is 4.39 Å². The fraction of sp³-hybridized carbons (Fsp3) is 0.545. The Morgan fingerprint density at radius 2 is 1.16 bits per heavy atom. The molecular weight excluding hydrogens is 724 g/mol. The van der Waals surface area contributed by atoms with Crippen LogP contribution in [0, 0.1) is 34.4 Å². The zero-order chi connectivity index (χ0) is 41.3. The summed E-state index contributed by atoms with van der Waals surface area (Å²) in [6.07, 6.45) is -5.53. The van der Waals surface area contributed by atoms with Crippen molar-refractivity contribution in [3.63, 3.8) is 0 Å². The minimum atomic E-state index is -1.35. The van der Waals surface area contributed by atoms with Crippen LogP contribution in [0.5, 0.6) is 0 Å². The summed E-state index contributed by atoms with van der Waals surface area (Å²) in [5.74, 6) is -2.62. The van der Waals surface area contributed by atoms with E-state index in [1.165, 1.54) is 12.1 Å². The number of ether oxygens (including phenoxy) is 5. The highest BCUT2D eigenvalue weighted by atomic mass is 32.1. The van der Waals surface area contributed by atoms with Crippen LogP contribution < -0.4 is 0 Å². The summed E-state index contributed by atoms with van der Waals surface area (Å²) in [6.45, 7) is 22.1. The van der Waals surface area contributed by atoms with Crippen LogP contribution in [0.25, 0.3) is 10.4 Å². The summed E-state index contributed by atoms with van der Waals surface area (Å²) in [7, 11) is 0. The highest BCUT2D eigenvalue weighted by Gasteiger charge is 2.55. The van der Waals surface area contributed by atoms with Crippen LogP contribution >= 0.6 is 11.3 Å². The number of hydrogen-bond donors (Lipinski definition) is 0. The lowest BCUT2D eigenvalue weighted by Crippen LogP contribution is -2.61. The third-order valence-electron chi connectivity index (χ3n) is 9.05. The van der Waals surface area contributed by atoms with Crippen molar-refractivity contribution in [2.45, 2.75) is 127 Å². The Kier molecular flexibility index (Phi) is 13.1. The lowest BCUT2D eigenvalue weighted by Gasteiger charge is -2.46. The van der Waals surface area contributed by atoms with Gasteiger partial charge in [0.15, 0.2) is 18.3 Å². The molecule has 300 valence electrons. The predicted octanol–water partition coefficient (Wildman–Crippen LogP) is 9.36. The molecule has 1 saturated heterocycles. The standard InChI is InChI=1S/C44H57FO9S/c1-25-14-15-27(22-28(25)23-30-20-21-32(55-30)26-16-18-29(45)19-17-26)33-35(53-39(48)43(8,9)10)36(54-40(49)44(11,12)13)34(52-38(47)42(5,6)7)31(51-33)24-50-37(46)41(2,3)4/h14-22,31,33-36H,23-24H2,1-13H3/t31?,33?,34-,35+,36?/m1/s1. The molecule has 0 N–H and O–H groups in total. The van der Waals surface area contributed by atoms with Gasteiger partial charge in [0.05, 0.1) is 21.7 Å². The maximum absolute atomic E-state index is 13.7. The number of benzene rings is 2. The molecule has 2 aromatic carbocycles. The number of carbonyl (C=O) groups is 4. The van der Waals surface area contributed by atoms with E-state index in [9.17, 15) is 23.6 Å². The van der Waals surface area contributed by atoms with Gasteiger partial charge in [-0.1, -0.05) is 30.3 Å². The van der Waals surface area contributed by atoms with Crippen LogP contribution in [-0.4, -0.2) is 54.9 Å². The zero-order valence-corrected chi connectivity index (χ0v) is 35.3. The van der Waals surface area contributed by atoms with Gasteiger partial charge in [0.2, 0.25) is 0 Å². The van der Waals surface area contributed by atoms with Gasteiger partial charge in [0.25, 0.3) is 0 Å². The van der Waals surface area contributed by atoms with E-state index in [2.05, 4.69) is 0 Å². The number of esters is 4. The number of aryl methyl sites for hydroxylation is 1. The van der Waals surface area contributed by atoms with Crippen LogP contribution in [0.15, 0.2) is 54.6 Å². The van der Waals surface area contributed by atoms with Gasteiger partial charge in [-0.25, -0.2) is 4.39 Å². The third kappa shape index (κ3) is 11.3. The molecule has 0 saturated carbocycles. The Morgan fingerprint density at radius 1 is 0.655 bits per heavy atom. The van der Waals surface area contributed by atoms with E-state index in [1.807, 2.05) is 37.3 Å². The maximum atomic E-state index is 13.7. The molecule has 9 nitrogen and oxygen atoms in total. The Bertz CT molecular complexity index is 1850. The summed E-state index contributed by atoms with van der Waals surface area (Å²) in [5, 5.41) is 0. The molecule has 3 aromatic rings. The van der Waals surface area contributed by atoms with Crippen molar-refractivity contribution in [2.24, 2.45) is 21.7 Å². The number of thiophene rings is 1. The summed E-state index contributed by atoms with van der Waals surface area (Å²) < 4.78 is 44.7. The SMILES string of the molecule is Cc1ccc(C2OC(COC(=O)C(C)(C)C)[C@@H](OC(=O)C(C)(C)C)C(OC(=O)C(C)(C)C)[C@H]2OC(=O)C(C)(C)C)cc1Cc1ccc(-c2ccc(F)cc2)s1. The molecule has 55 heavy (non-hydrogen) atoms. The Hall–Kier alpha value is -4.09. The molecule has 11 heteroatoms. The molecule has 5 atom stereocenters. The monoisotopic (exact) mass is 780 g/mol. The Labute approximate surface area is 329 Å². The summed E-state index contributed by atoms with van der Waals surface area (Å²) in [5.41, 5.74) is -0.255. The van der Waals surface area contributed by atoms with E-state index in [0.717, 1.165) is 26.4 Å². The lowest BCUT2D eigenvalue weighted by atomic mass is 9.87. The van der Waals surface area contributed by atoms with Gasteiger partial charge in [-0.15, -0.1) is 11.3 Å². The van der Waals surface area contributed by atoms with Crippen molar-refractivity contribution in [1.82, 2.24) is 0 Å². The molecule has 0 aliphatic carbocycles. The number of carbonyl (C=O) groups excluding carboxylic acids is 4. The van der Waals surface area contributed by atoms with Crippen molar-refractivity contribution in [3.05, 3.63) is 82.0 Å². The molecule has 0 amide bonds. The quantitative estimate of drug-likeness (QED) is 0.155. The predicted molar refractivity (Wildman–Crippen MR) is 210 cm³/mol. The van der Waals surface area contributed by atoms with E-state index in [0.29, 0.717) is 12.0 Å². The van der Waals surface area contributed by atoms with Crippen molar-refractivity contribution in [2.75, 3.05) is 6.61 Å². The molecule has 1 aliphatic rings. The van der Waals surface area contributed by atoms with Crippen molar-refractivity contribution in [3.8, 4) is 10.4 Å². The molecule has 1 aromatic heterocycles. The van der Waals surface area contributed by atoms with Crippen LogP contribution in [-0.2, 0) is 49.3 Å². The average molecular weight is 781 g/mol. The highest BCUT2D eigenvalue weighted by molar-refractivity contribution is 7.15. The van der Waals surface area contributed by atoms with E-state index in [-0.39, 0.29) is 12.4 Å². The van der Waals surface area contributed by atoms with E-state index in [1.54, 1.807) is 107 Å². The fourth-order valence-corrected chi connectivity index (χ4v) is 6.52. The van der Waals surface area contributed by atoms with Crippen molar-refractivity contribution >= 4 is 35.2 Å². The van der Waals surface area contributed by atoms with E-state index < -0.39 is 76.1 Å². The Balaban J connectivity index is 1.85. The van der Waals surface area contributed by atoms with Gasteiger partial charge in [0, 0.05) is 16.2 Å². The maximum Gasteiger partial charge on any atom is 0.311 e. The van der Waals surface area contributed by atoms with Crippen LogP contribution in [0.2, 0.25) is 0 Å². The van der Waals surface area contributed by atoms with Gasteiger partial charge < -0.3 is 23.7 Å². The lowest BCUT2D eigenvalue weighted by molar-refractivity contribution is -0.262. The molecule has 1 aliphatic heterocycles. The van der Waals surface area contributed by atoms with Gasteiger partial charge in [0.1, 0.15) is 24.6 Å². The van der Waals surface area contributed by atoms with Crippen molar-refractivity contribution in [1.29, 1.82) is 0 Å². The normalized spacial score (nSPS) is 20.7. The molecule has 0 bridgehead atoms. The molecule has 3 unspecified atom stereocenters. The topological polar surface area (TPSA) is 114 Å². The number of halogens is 1. The molecule has 4 rings (SSSR count). The fourth-order valence-electron chi connectivity index (χ4n) is 5.49. The minimum Gasteiger partial charge on any atom is -0.462 e. The van der Waals surface area contributed by atoms with Crippen molar-refractivity contribution < 1.29 is 47.3 Å². The summed E-state index contributed by atoms with van der Waals surface area (Å²) >= 11 is 1.60. The first-order valence-corrected chi connectivity index (χ1v) is 19.5. The van der Waals surface area contributed by atoms with E-state index >= 15 is 0 Å². The average Bonchev–Trinajstić information content (AvgIpc) is 3.53. The summed E-state index contributed by atoms with van der Waals surface area (Å²) in [6, 6.07) is 16.2. The minimum absolute atomic E-state index is 0.298. The zero-order valence-electron chi connectivity index (χ0n) is 34.5. The third-order valence-corrected chi connectivity index (χ3v) is 10.2. The first-order valence-electron chi connectivity index (χ1n) is 18.7. The van der Waals surface area contributed by atoms with Gasteiger partial charge >= 0.3 is 23.9 Å². The molecule has 2 heterocycles. The molecule has 0 radical (unpaired) electrons. The summed E-state index contributed by atoms with van der Waals surface area (Å²) in [4.78, 5) is 56.1. The van der Waals surface area contributed by atoms with Gasteiger partial charge in [-0.3, -0.25) is 19.2 Å². The molecular formula is C44H57FO9S. The van der Waals surface area contributed by atoms with Crippen LogP contribution in [0.1, 0.15) is 111 Å². The second kappa shape index (κ2) is 16.6. The molecule has 0 spiro atoms. The first-order chi connectivity index (χ1) is 25.3. The largest absolute Gasteiger partial charge is 0.462 e. The smallest absolute Gasteiger partial charge is 0.311 e. The Morgan fingerprint density at radius 3 is 1.69 bits per heavy atom. The van der Waals surface area contributed by atoms with E-state index in [4.69, 9.17) is 23.7 Å². The number of rotatable bonds is 9. The van der Waals surface area contributed by atoms with Crippen LogP contribution in [0.3, 0.4) is 0 Å². The molecule has 1 fully saturated rings. The van der Waals surface area contributed by atoms with Gasteiger partial charge in [-0.2, -0.15) is 0 Å². The second-order valence-electron chi connectivity index (χ2n) is 18.4. The first kappa shape index (κ1) is 43.6. The highest BCUT2D eigenvalue weighted by Crippen LogP contribution is 2.41.